The predicted molar refractivity (Wildman–Crippen MR) is 144 cm³/mol. The molecule has 0 N–H and O–H groups in total. The second-order valence-corrected chi connectivity index (χ2v) is 9.69. The number of carbonyl (C=O) groups is 3. The van der Waals surface area contributed by atoms with Gasteiger partial charge in [-0.05, 0) is 29.8 Å². The molecule has 4 atom stereocenters. The molecule has 0 saturated carbocycles. The van der Waals surface area contributed by atoms with E-state index in [0.29, 0.717) is 22.5 Å². The van der Waals surface area contributed by atoms with Crippen LogP contribution in [0.3, 0.4) is 0 Å². The minimum Gasteiger partial charge on any atom is -0.352 e. The van der Waals surface area contributed by atoms with E-state index in [1.165, 1.54) is 42.5 Å². The maximum Gasteiger partial charge on any atom is 0.270 e. The van der Waals surface area contributed by atoms with Gasteiger partial charge in [-0.1, -0.05) is 48.5 Å². The van der Waals surface area contributed by atoms with E-state index in [9.17, 15) is 34.6 Å². The summed E-state index contributed by atoms with van der Waals surface area (Å²) in [7, 11) is 0. The molecule has 2 amide bonds. The number of para-hydroxylation sites is 1. The number of anilines is 1. The van der Waals surface area contributed by atoms with Crippen LogP contribution in [0.2, 0.25) is 0 Å². The number of fused-ring (bicyclic) bond motifs is 5. The number of benzene rings is 3. The molecule has 40 heavy (non-hydrogen) atoms. The quantitative estimate of drug-likeness (QED) is 0.199. The molecule has 11 heteroatoms. The Labute approximate surface area is 226 Å². The summed E-state index contributed by atoms with van der Waals surface area (Å²) in [4.78, 5) is 65.5. The van der Waals surface area contributed by atoms with Crippen molar-refractivity contribution in [2.24, 2.45) is 11.8 Å². The molecule has 3 aromatic carbocycles. The standard InChI is InChI=1S/C29H20N4O7/c34-24-13-12-22-25-26(29(36)30(28(25)35)19-8-2-1-3-9-19)27(24)31(22)23(18-7-5-11-21(16-18)33(39)40)15-17-6-4-10-20(14-17)32(37)38/h1-16,22,25-27H. The molecule has 198 valence electrons. The summed E-state index contributed by atoms with van der Waals surface area (Å²) < 4.78 is 0. The van der Waals surface area contributed by atoms with Gasteiger partial charge in [0.05, 0.1) is 33.4 Å². The van der Waals surface area contributed by atoms with Crippen LogP contribution in [0.15, 0.2) is 91.0 Å². The molecule has 3 aromatic rings. The topological polar surface area (TPSA) is 144 Å². The molecular weight excluding hydrogens is 516 g/mol. The molecule has 2 saturated heterocycles. The highest BCUT2D eigenvalue weighted by Gasteiger charge is 2.64. The summed E-state index contributed by atoms with van der Waals surface area (Å²) >= 11 is 0. The molecular formula is C29H20N4O7. The van der Waals surface area contributed by atoms with Gasteiger partial charge >= 0.3 is 0 Å². The molecule has 3 aliphatic heterocycles. The van der Waals surface area contributed by atoms with E-state index < -0.39 is 45.6 Å². The number of nitro benzene ring substituents is 2. The van der Waals surface area contributed by atoms with Gasteiger partial charge in [-0.15, -0.1) is 0 Å². The first-order valence-electron chi connectivity index (χ1n) is 12.4. The molecule has 11 nitrogen and oxygen atoms in total. The van der Waals surface area contributed by atoms with Crippen molar-refractivity contribution in [2.45, 2.75) is 12.1 Å². The number of imide groups is 1. The molecule has 2 fully saturated rings. The van der Waals surface area contributed by atoms with E-state index in [2.05, 4.69) is 0 Å². The van der Waals surface area contributed by atoms with Crippen LogP contribution in [0.5, 0.6) is 0 Å². The van der Waals surface area contributed by atoms with Crippen molar-refractivity contribution in [1.82, 2.24) is 4.90 Å². The number of ketones is 1. The Morgan fingerprint density at radius 1 is 0.775 bits per heavy atom. The Hall–Kier alpha value is -5.45. The van der Waals surface area contributed by atoms with Gasteiger partial charge in [0, 0.05) is 35.5 Å². The minimum absolute atomic E-state index is 0.162. The first-order valence-corrected chi connectivity index (χ1v) is 12.4. The number of amides is 2. The Morgan fingerprint density at radius 2 is 1.43 bits per heavy atom. The number of nitro groups is 2. The normalized spacial score (nSPS) is 23.5. The highest BCUT2D eigenvalue weighted by Crippen LogP contribution is 2.50. The maximum atomic E-state index is 13.7. The van der Waals surface area contributed by atoms with Crippen LogP contribution in [-0.4, -0.2) is 44.4 Å². The average Bonchev–Trinajstić information content (AvgIpc) is 3.36. The predicted octanol–water partition coefficient (Wildman–Crippen LogP) is 4.00. The van der Waals surface area contributed by atoms with Crippen LogP contribution in [-0.2, 0) is 14.4 Å². The van der Waals surface area contributed by atoms with Gasteiger partial charge in [0.2, 0.25) is 11.8 Å². The van der Waals surface area contributed by atoms with Crippen LogP contribution in [0.25, 0.3) is 11.8 Å². The molecule has 0 aliphatic carbocycles. The van der Waals surface area contributed by atoms with Gasteiger partial charge < -0.3 is 4.90 Å². The number of nitrogens with zero attached hydrogens (tertiary/aromatic N) is 4. The lowest BCUT2D eigenvalue weighted by atomic mass is 9.90. The molecule has 0 radical (unpaired) electrons. The molecule has 3 heterocycles. The number of hydrogen-bond acceptors (Lipinski definition) is 8. The molecule has 2 bridgehead atoms. The van der Waals surface area contributed by atoms with Crippen molar-refractivity contribution in [1.29, 1.82) is 0 Å². The molecule has 0 aromatic heterocycles. The van der Waals surface area contributed by atoms with Crippen LogP contribution in [0.4, 0.5) is 17.1 Å². The van der Waals surface area contributed by atoms with Crippen molar-refractivity contribution in [3.8, 4) is 0 Å². The molecule has 3 aliphatic rings. The number of carbonyl (C=O) groups excluding carboxylic acids is 3. The zero-order valence-electron chi connectivity index (χ0n) is 20.7. The third-order valence-corrected chi connectivity index (χ3v) is 7.51. The Bertz CT molecular complexity index is 1670. The highest BCUT2D eigenvalue weighted by molar-refractivity contribution is 6.25. The third-order valence-electron chi connectivity index (χ3n) is 7.51. The van der Waals surface area contributed by atoms with Gasteiger partial charge in [0.25, 0.3) is 11.4 Å². The van der Waals surface area contributed by atoms with E-state index in [1.807, 2.05) is 0 Å². The van der Waals surface area contributed by atoms with Crippen molar-refractivity contribution < 1.29 is 24.2 Å². The van der Waals surface area contributed by atoms with Gasteiger partial charge in [-0.2, -0.15) is 0 Å². The first kappa shape index (κ1) is 24.9. The lowest BCUT2D eigenvalue weighted by Gasteiger charge is -2.37. The fourth-order valence-electron chi connectivity index (χ4n) is 5.87. The zero-order chi connectivity index (χ0) is 28.1. The van der Waals surface area contributed by atoms with Crippen LogP contribution in [0.1, 0.15) is 11.1 Å². The molecule has 4 unspecified atom stereocenters. The van der Waals surface area contributed by atoms with Crippen molar-refractivity contribution in [3.05, 3.63) is 122 Å². The van der Waals surface area contributed by atoms with Gasteiger partial charge in [0.1, 0.15) is 6.04 Å². The van der Waals surface area contributed by atoms with E-state index in [1.54, 1.807) is 59.5 Å². The maximum absolute atomic E-state index is 13.7. The summed E-state index contributed by atoms with van der Waals surface area (Å²) in [6, 6.07) is 18.3. The smallest absolute Gasteiger partial charge is 0.270 e. The second-order valence-electron chi connectivity index (χ2n) is 9.69. The van der Waals surface area contributed by atoms with E-state index in [4.69, 9.17) is 0 Å². The number of rotatable bonds is 6. The van der Waals surface area contributed by atoms with Gasteiger partial charge in [-0.3, -0.25) is 34.6 Å². The van der Waals surface area contributed by atoms with Crippen LogP contribution >= 0.6 is 0 Å². The van der Waals surface area contributed by atoms with Gasteiger partial charge in [-0.25, -0.2) is 4.90 Å². The Morgan fingerprint density at radius 3 is 2.12 bits per heavy atom. The largest absolute Gasteiger partial charge is 0.352 e. The summed E-state index contributed by atoms with van der Waals surface area (Å²) in [5.74, 6) is -3.16. The van der Waals surface area contributed by atoms with Crippen molar-refractivity contribution in [3.63, 3.8) is 0 Å². The van der Waals surface area contributed by atoms with Crippen molar-refractivity contribution in [2.75, 3.05) is 4.90 Å². The minimum atomic E-state index is -1.05. The molecule has 6 rings (SSSR count). The van der Waals surface area contributed by atoms with Crippen molar-refractivity contribution >= 4 is 46.4 Å². The monoisotopic (exact) mass is 536 g/mol. The lowest BCUT2D eigenvalue weighted by Crippen LogP contribution is -2.48. The van der Waals surface area contributed by atoms with Crippen LogP contribution in [0, 0.1) is 32.1 Å². The molecule has 0 spiro atoms. The Balaban J connectivity index is 1.51. The summed E-state index contributed by atoms with van der Waals surface area (Å²) in [5.41, 5.74) is 1.16. The average molecular weight is 537 g/mol. The summed E-state index contributed by atoms with van der Waals surface area (Å²) in [6.07, 6.45) is 4.54. The zero-order valence-corrected chi connectivity index (χ0v) is 20.7. The second kappa shape index (κ2) is 9.38. The number of hydrogen-bond donors (Lipinski definition) is 0. The lowest BCUT2D eigenvalue weighted by molar-refractivity contribution is -0.385. The SMILES string of the molecule is O=C1C=CC2C3C(=O)N(c4ccccc4)C(=O)C3C1N2C(=Cc1cccc([N+](=O)[O-])c1)c1cccc([N+](=O)[O-])c1. The van der Waals surface area contributed by atoms with Gasteiger partial charge in [0.15, 0.2) is 5.78 Å². The third kappa shape index (κ3) is 3.87. The van der Waals surface area contributed by atoms with E-state index in [0.717, 1.165) is 4.90 Å². The Kier molecular flexibility index (Phi) is 5.83. The van der Waals surface area contributed by atoms with Crippen LogP contribution < -0.4 is 4.90 Å². The fourth-order valence-corrected chi connectivity index (χ4v) is 5.87. The number of non-ortho nitro benzene ring substituents is 2. The van der Waals surface area contributed by atoms with E-state index in [-0.39, 0.29) is 17.2 Å². The highest BCUT2D eigenvalue weighted by atomic mass is 16.6. The summed E-state index contributed by atoms with van der Waals surface area (Å²) in [5, 5.41) is 23.0. The van der Waals surface area contributed by atoms with E-state index >= 15 is 0 Å². The first-order chi connectivity index (χ1) is 19.3. The fraction of sp³-hybridized carbons (Fsp3) is 0.138. The summed E-state index contributed by atoms with van der Waals surface area (Å²) in [6.45, 7) is 0.